The zero-order chi connectivity index (χ0) is 17.4. The van der Waals surface area contributed by atoms with Crippen LogP contribution in [0.5, 0.6) is 0 Å². The van der Waals surface area contributed by atoms with Crippen LogP contribution in [0.25, 0.3) is 0 Å². The van der Waals surface area contributed by atoms with E-state index in [0.717, 1.165) is 5.75 Å². The third-order valence-corrected chi connectivity index (χ3v) is 5.04. The minimum atomic E-state index is -0.924. The number of nitriles is 1. The fourth-order valence-corrected chi connectivity index (χ4v) is 3.48. The summed E-state index contributed by atoms with van der Waals surface area (Å²) in [6, 6.07) is 12.6. The van der Waals surface area contributed by atoms with Gasteiger partial charge in [0.2, 0.25) is 0 Å². The van der Waals surface area contributed by atoms with Gasteiger partial charge in [-0.25, -0.2) is 0 Å². The predicted octanol–water partition coefficient (Wildman–Crippen LogP) is 3.42. The summed E-state index contributed by atoms with van der Waals surface area (Å²) >= 11 is 3.08. The summed E-state index contributed by atoms with van der Waals surface area (Å²) in [7, 11) is 0. The van der Waals surface area contributed by atoms with Crippen LogP contribution < -0.4 is 5.32 Å². The van der Waals surface area contributed by atoms with E-state index < -0.39 is 18.0 Å². The molecule has 1 aromatic carbocycles. The molecule has 5 nitrogen and oxygen atoms in total. The van der Waals surface area contributed by atoms with Gasteiger partial charge in [0, 0.05) is 10.6 Å². The van der Waals surface area contributed by atoms with Crippen LogP contribution in [0.15, 0.2) is 41.8 Å². The fourth-order valence-electron chi connectivity index (χ4n) is 1.84. The van der Waals surface area contributed by atoms with Crippen LogP contribution in [0.2, 0.25) is 0 Å². The summed E-state index contributed by atoms with van der Waals surface area (Å²) in [6.45, 7) is 1.51. The molecule has 0 saturated heterocycles. The van der Waals surface area contributed by atoms with E-state index in [-0.39, 0.29) is 5.75 Å². The molecule has 2 rings (SSSR count). The van der Waals surface area contributed by atoms with E-state index in [1.807, 2.05) is 23.6 Å². The van der Waals surface area contributed by atoms with Crippen molar-refractivity contribution >= 4 is 40.7 Å². The Hall–Kier alpha value is -2.30. The normalized spacial score (nSPS) is 11.3. The number of thiophene rings is 1. The molecular weight excluding hydrogens is 344 g/mol. The molecule has 24 heavy (non-hydrogen) atoms. The maximum Gasteiger partial charge on any atom is 0.316 e. The van der Waals surface area contributed by atoms with E-state index in [2.05, 4.69) is 5.32 Å². The first-order chi connectivity index (χ1) is 11.6. The van der Waals surface area contributed by atoms with Crippen molar-refractivity contribution in [3.63, 3.8) is 0 Å². The molecule has 0 aliphatic heterocycles. The molecule has 1 atom stereocenters. The molecule has 0 aliphatic rings. The Bertz CT molecular complexity index is 739. The second kappa shape index (κ2) is 9.11. The zero-order valence-corrected chi connectivity index (χ0v) is 14.7. The largest absolute Gasteiger partial charge is 0.452 e. The lowest BCUT2D eigenvalue weighted by Gasteiger charge is -2.14. The molecule has 0 spiro atoms. The maximum absolute atomic E-state index is 12.1. The highest BCUT2D eigenvalue weighted by Gasteiger charge is 2.18. The number of esters is 1. The first-order valence-corrected chi connectivity index (χ1v) is 9.23. The zero-order valence-electron chi connectivity index (χ0n) is 13.0. The first kappa shape index (κ1) is 18.0. The Morgan fingerprint density at radius 1 is 1.33 bits per heavy atom. The number of rotatable bonds is 7. The van der Waals surface area contributed by atoms with Crippen molar-refractivity contribution in [1.29, 1.82) is 5.26 Å². The van der Waals surface area contributed by atoms with Gasteiger partial charge in [0.1, 0.15) is 6.07 Å². The Kier molecular flexibility index (Phi) is 6.85. The number of nitrogens with one attached hydrogen (secondary N) is 1. The number of amides is 1. The Balaban J connectivity index is 1.78. The van der Waals surface area contributed by atoms with E-state index in [0.29, 0.717) is 11.3 Å². The van der Waals surface area contributed by atoms with Gasteiger partial charge in [0.05, 0.1) is 17.0 Å². The van der Waals surface area contributed by atoms with E-state index in [4.69, 9.17) is 10.00 Å². The molecule has 0 fully saturated rings. The van der Waals surface area contributed by atoms with Gasteiger partial charge in [-0.05, 0) is 30.5 Å². The summed E-state index contributed by atoms with van der Waals surface area (Å²) in [5.74, 6) is 0.0230. The smallest absolute Gasteiger partial charge is 0.316 e. The Morgan fingerprint density at radius 3 is 2.83 bits per heavy atom. The lowest BCUT2D eigenvalue weighted by Crippen LogP contribution is -2.30. The molecule has 1 aromatic heterocycles. The van der Waals surface area contributed by atoms with Crippen molar-refractivity contribution in [1.82, 2.24) is 0 Å². The van der Waals surface area contributed by atoms with Gasteiger partial charge in [-0.15, -0.1) is 23.1 Å². The van der Waals surface area contributed by atoms with Gasteiger partial charge in [-0.3, -0.25) is 9.59 Å². The molecule has 7 heteroatoms. The molecule has 0 unspecified atom stereocenters. The highest BCUT2D eigenvalue weighted by Crippen LogP contribution is 2.17. The van der Waals surface area contributed by atoms with Crippen LogP contribution in [0, 0.1) is 11.3 Å². The molecule has 124 valence electrons. The van der Waals surface area contributed by atoms with Gasteiger partial charge >= 0.3 is 5.97 Å². The molecule has 0 bridgehead atoms. The average molecular weight is 360 g/mol. The summed E-state index contributed by atoms with van der Waals surface area (Å²) in [5.41, 5.74) is 0.760. The lowest BCUT2D eigenvalue weighted by molar-refractivity contribution is -0.150. The molecule has 0 radical (unpaired) electrons. The SMILES string of the molecule is C[C@@H](OC(=O)CSCc1cccs1)C(=O)Nc1ccccc1C#N. The van der Waals surface area contributed by atoms with Gasteiger partial charge in [0.25, 0.3) is 5.91 Å². The number of para-hydroxylation sites is 1. The number of anilines is 1. The summed E-state index contributed by atoms with van der Waals surface area (Å²) in [4.78, 5) is 25.1. The lowest BCUT2D eigenvalue weighted by atomic mass is 10.2. The number of hydrogen-bond donors (Lipinski definition) is 1. The average Bonchev–Trinajstić information content (AvgIpc) is 3.08. The molecule has 0 saturated carbocycles. The topological polar surface area (TPSA) is 79.2 Å². The minimum absolute atomic E-state index is 0.185. The predicted molar refractivity (Wildman–Crippen MR) is 95.8 cm³/mol. The van der Waals surface area contributed by atoms with E-state index in [9.17, 15) is 9.59 Å². The van der Waals surface area contributed by atoms with Crippen LogP contribution >= 0.6 is 23.1 Å². The molecular formula is C17H16N2O3S2. The second-order valence-corrected chi connectivity index (χ2v) is 6.87. The number of benzene rings is 1. The van der Waals surface area contributed by atoms with Gasteiger partial charge < -0.3 is 10.1 Å². The van der Waals surface area contributed by atoms with E-state index >= 15 is 0 Å². The maximum atomic E-state index is 12.1. The third-order valence-electron chi connectivity index (χ3n) is 3.03. The monoisotopic (exact) mass is 360 g/mol. The fraction of sp³-hybridized carbons (Fsp3) is 0.235. The number of hydrogen-bond acceptors (Lipinski definition) is 6. The number of ether oxygens (including phenoxy) is 1. The first-order valence-electron chi connectivity index (χ1n) is 7.19. The number of thioether (sulfide) groups is 1. The highest BCUT2D eigenvalue weighted by atomic mass is 32.2. The van der Waals surface area contributed by atoms with Crippen molar-refractivity contribution < 1.29 is 14.3 Å². The minimum Gasteiger partial charge on any atom is -0.452 e. The van der Waals surface area contributed by atoms with E-state index in [1.165, 1.54) is 23.6 Å². The van der Waals surface area contributed by atoms with Crippen molar-refractivity contribution in [2.24, 2.45) is 0 Å². The van der Waals surface area contributed by atoms with Crippen LogP contribution in [0.4, 0.5) is 5.69 Å². The second-order valence-electron chi connectivity index (χ2n) is 4.85. The van der Waals surface area contributed by atoms with Gasteiger partial charge in [-0.2, -0.15) is 5.26 Å². The van der Waals surface area contributed by atoms with Crippen molar-refractivity contribution in [3.05, 3.63) is 52.2 Å². The molecule has 1 heterocycles. The number of nitrogens with zero attached hydrogens (tertiary/aromatic N) is 1. The third kappa shape index (κ3) is 5.41. The standard InChI is InChI=1S/C17H16N2O3S2/c1-12(17(21)19-15-7-3-2-5-13(15)9-18)22-16(20)11-23-10-14-6-4-8-24-14/h2-8,12H,10-11H2,1H3,(H,19,21)/t12-/m1/s1. The summed E-state index contributed by atoms with van der Waals surface area (Å²) < 4.78 is 5.13. The molecule has 2 aromatic rings. The van der Waals surface area contributed by atoms with Gasteiger partial charge in [-0.1, -0.05) is 18.2 Å². The highest BCUT2D eigenvalue weighted by molar-refractivity contribution is 7.99. The molecule has 0 aliphatic carbocycles. The molecule has 1 N–H and O–H groups in total. The quantitative estimate of drug-likeness (QED) is 0.765. The van der Waals surface area contributed by atoms with Crippen LogP contribution in [-0.4, -0.2) is 23.7 Å². The number of carbonyl (C=O) groups is 2. The summed E-state index contributed by atoms with van der Waals surface area (Å²) in [5, 5.41) is 13.6. The number of carbonyl (C=O) groups excluding carboxylic acids is 2. The van der Waals surface area contributed by atoms with Crippen LogP contribution in [0.3, 0.4) is 0 Å². The summed E-state index contributed by atoms with van der Waals surface area (Å²) in [6.07, 6.45) is -0.924. The van der Waals surface area contributed by atoms with Crippen molar-refractivity contribution in [2.75, 3.05) is 11.1 Å². The van der Waals surface area contributed by atoms with Crippen molar-refractivity contribution in [2.45, 2.75) is 18.8 Å². The van der Waals surface area contributed by atoms with Gasteiger partial charge in [0.15, 0.2) is 6.10 Å². The van der Waals surface area contributed by atoms with Crippen molar-refractivity contribution in [3.8, 4) is 6.07 Å². The Labute approximate surface area is 148 Å². The molecule has 1 amide bonds. The van der Waals surface area contributed by atoms with Crippen LogP contribution in [0.1, 0.15) is 17.4 Å². The van der Waals surface area contributed by atoms with Crippen LogP contribution in [-0.2, 0) is 20.1 Å². The Morgan fingerprint density at radius 2 is 2.12 bits per heavy atom. The van der Waals surface area contributed by atoms with E-state index in [1.54, 1.807) is 35.6 Å².